The van der Waals surface area contributed by atoms with E-state index in [-0.39, 0.29) is 17.5 Å². The van der Waals surface area contributed by atoms with E-state index in [4.69, 9.17) is 32.1 Å². The zero-order valence-corrected chi connectivity index (χ0v) is 36.1. The molecule has 0 aliphatic carbocycles. The Morgan fingerprint density at radius 2 is 1.39 bits per heavy atom. The lowest BCUT2D eigenvalue weighted by molar-refractivity contribution is 0.408. The number of pyridine rings is 1. The summed E-state index contributed by atoms with van der Waals surface area (Å²) < 4.78 is 31.1. The summed E-state index contributed by atoms with van der Waals surface area (Å²) in [4.78, 5) is 35.7. The van der Waals surface area contributed by atoms with Crippen molar-refractivity contribution in [3.05, 3.63) is 145 Å². The van der Waals surface area contributed by atoms with Crippen LogP contribution in [-0.2, 0) is 13.6 Å². The maximum Gasteiger partial charge on any atom is 0.322 e. The number of aryl methyl sites for hydroxylation is 3. The summed E-state index contributed by atoms with van der Waals surface area (Å²) in [5.74, 6) is 3.67. The molecule has 0 aliphatic rings. The first-order valence-electron chi connectivity index (χ1n) is 20.6. The second-order valence-corrected chi connectivity index (χ2v) is 15.7. The Bertz CT molecular complexity index is 3590. The molecule has 0 spiro atoms. The van der Waals surface area contributed by atoms with Crippen LogP contribution in [0, 0.1) is 32.0 Å². The molecule has 0 saturated heterocycles. The highest BCUT2D eigenvalue weighted by Gasteiger charge is 2.27. The van der Waals surface area contributed by atoms with Gasteiger partial charge < -0.3 is 29.9 Å². The molecule has 0 fully saturated rings. The van der Waals surface area contributed by atoms with Gasteiger partial charge in [-0.1, -0.05) is 72.4 Å². The van der Waals surface area contributed by atoms with Gasteiger partial charge in [-0.3, -0.25) is 0 Å². The maximum absolute atomic E-state index is 15.7. The quantitative estimate of drug-likeness (QED) is 0.123. The van der Waals surface area contributed by atoms with Gasteiger partial charge in [0, 0.05) is 59.0 Å². The summed E-state index contributed by atoms with van der Waals surface area (Å²) in [6, 6.07) is 26.8. The fourth-order valence-corrected chi connectivity index (χ4v) is 8.25. The highest BCUT2D eigenvalue weighted by molar-refractivity contribution is 6.09. The predicted octanol–water partition coefficient (Wildman–Crippen LogP) is 9.39. The summed E-state index contributed by atoms with van der Waals surface area (Å²) in [7, 11) is 1.95. The second-order valence-electron chi connectivity index (χ2n) is 15.7. The van der Waals surface area contributed by atoms with Gasteiger partial charge in [-0.2, -0.15) is 4.98 Å². The van der Waals surface area contributed by atoms with Crippen molar-refractivity contribution in [3.8, 4) is 80.3 Å². The lowest BCUT2D eigenvalue weighted by atomic mass is 9.97. The molecule has 15 nitrogen and oxygen atoms in total. The lowest BCUT2D eigenvalue weighted by Crippen LogP contribution is -2.06. The number of terminal acetylenes is 1. The van der Waals surface area contributed by atoms with E-state index in [2.05, 4.69) is 52.5 Å². The molecule has 7 aromatic heterocycles. The zero-order valence-electron chi connectivity index (χ0n) is 36.1. The summed E-state index contributed by atoms with van der Waals surface area (Å²) in [6.07, 6.45) is 10.2. The third kappa shape index (κ3) is 7.10. The third-order valence-electron chi connectivity index (χ3n) is 11.3. The number of rotatable bonds is 10. The number of aromatic nitrogens is 11. The summed E-state index contributed by atoms with van der Waals surface area (Å²) in [5.41, 5.74) is 24.1. The van der Waals surface area contributed by atoms with Gasteiger partial charge in [-0.15, -0.1) is 6.42 Å². The molecule has 0 bridgehead atoms. The van der Waals surface area contributed by atoms with Crippen LogP contribution in [0.4, 0.5) is 16.0 Å². The average Bonchev–Trinajstić information content (AvgIpc) is 4.02. The molecule has 0 unspecified atom stereocenters. The van der Waals surface area contributed by atoms with Crippen molar-refractivity contribution in [1.29, 1.82) is 0 Å². The van der Waals surface area contributed by atoms with Crippen molar-refractivity contribution < 1.29 is 13.7 Å². The Hall–Kier alpha value is -9.10. The Morgan fingerprint density at radius 3 is 2.05 bits per heavy atom. The number of allylic oxidation sites excluding steroid dienone is 1. The van der Waals surface area contributed by atoms with Gasteiger partial charge in [0.05, 0.1) is 22.2 Å². The van der Waals surface area contributed by atoms with E-state index in [1.54, 1.807) is 31.3 Å². The number of nitrogens with two attached hydrogens (primary N) is 2. The van der Waals surface area contributed by atoms with E-state index in [0.29, 0.717) is 74.6 Å². The zero-order chi connectivity index (χ0) is 45.8. The Morgan fingerprint density at radius 1 is 0.773 bits per heavy atom. The van der Waals surface area contributed by atoms with E-state index in [9.17, 15) is 0 Å². The van der Waals surface area contributed by atoms with Crippen LogP contribution in [0.3, 0.4) is 0 Å². The van der Waals surface area contributed by atoms with Gasteiger partial charge >= 0.3 is 6.01 Å². The Labute approximate surface area is 376 Å². The molecule has 66 heavy (non-hydrogen) atoms. The van der Waals surface area contributed by atoms with Crippen LogP contribution < -0.4 is 16.2 Å². The minimum Gasteiger partial charge on any atom is -0.424 e. The van der Waals surface area contributed by atoms with Crippen LogP contribution in [-0.4, -0.2) is 54.2 Å². The van der Waals surface area contributed by atoms with E-state index in [1.165, 1.54) is 18.7 Å². The topological polar surface area (TPSA) is 200 Å². The fraction of sp³-hybridized carbons (Fsp3) is 0.100. The van der Waals surface area contributed by atoms with Gasteiger partial charge in [-0.05, 0) is 73.2 Å². The molecule has 16 heteroatoms. The van der Waals surface area contributed by atoms with Crippen molar-refractivity contribution in [1.82, 2.24) is 54.2 Å². The van der Waals surface area contributed by atoms with Gasteiger partial charge in [0.1, 0.15) is 47.0 Å². The van der Waals surface area contributed by atoms with E-state index >= 15 is 4.39 Å². The molecule has 3 aromatic carbocycles. The number of benzene rings is 3. The van der Waals surface area contributed by atoms with Crippen molar-refractivity contribution in [2.75, 3.05) is 11.5 Å². The molecule has 10 aromatic rings. The number of halogens is 1. The molecule has 0 saturated carbocycles. The van der Waals surface area contributed by atoms with Crippen LogP contribution in [0.25, 0.3) is 83.8 Å². The number of nitrogens with zero attached hydrogens (tertiary/aromatic N) is 11. The molecule has 10 rings (SSSR count). The van der Waals surface area contributed by atoms with Gasteiger partial charge in [-0.25, -0.2) is 39.3 Å². The van der Waals surface area contributed by atoms with E-state index < -0.39 is 5.82 Å². The molecule has 4 N–H and O–H groups in total. The van der Waals surface area contributed by atoms with Crippen molar-refractivity contribution in [2.24, 2.45) is 7.05 Å². The number of hydrogen-bond donors (Lipinski definition) is 2. The smallest absolute Gasteiger partial charge is 0.322 e. The summed E-state index contributed by atoms with van der Waals surface area (Å²) >= 11 is 0. The lowest BCUT2D eigenvalue weighted by Gasteiger charge is -2.16. The molecular formula is C50H38FN13O2. The second kappa shape index (κ2) is 16.2. The minimum atomic E-state index is -0.637. The Kier molecular flexibility index (Phi) is 10.1. The normalized spacial score (nSPS) is 11.3. The van der Waals surface area contributed by atoms with E-state index in [1.807, 2.05) is 90.7 Å². The van der Waals surface area contributed by atoms with Gasteiger partial charge in [0.25, 0.3) is 5.89 Å². The third-order valence-corrected chi connectivity index (χ3v) is 11.3. The molecule has 0 amide bonds. The molecule has 322 valence electrons. The van der Waals surface area contributed by atoms with E-state index in [0.717, 1.165) is 50.2 Å². The molecule has 0 atom stereocenters. The Balaban J connectivity index is 1.09. The minimum absolute atomic E-state index is 0.0887. The van der Waals surface area contributed by atoms with Crippen LogP contribution in [0.2, 0.25) is 0 Å². The summed E-state index contributed by atoms with van der Waals surface area (Å²) in [5, 5.41) is 5.43. The summed E-state index contributed by atoms with van der Waals surface area (Å²) in [6.45, 7) is 9.66. The van der Waals surface area contributed by atoms with Crippen LogP contribution >= 0.6 is 0 Å². The molecular weight excluding hydrogens is 834 g/mol. The highest BCUT2D eigenvalue weighted by Crippen LogP contribution is 2.45. The largest absolute Gasteiger partial charge is 0.424 e. The molecule has 0 aliphatic heterocycles. The highest BCUT2D eigenvalue weighted by atomic mass is 19.1. The first kappa shape index (κ1) is 40.9. The average molecular weight is 872 g/mol. The molecule has 0 radical (unpaired) electrons. The maximum atomic E-state index is 15.7. The van der Waals surface area contributed by atoms with Gasteiger partial charge in [0.15, 0.2) is 5.82 Å². The standard InChI is InChI=1S/C50H38FN13O2/c1-7-37-36(51)22-35(28(5)60-37)43-39(31-16-18-34(19-17-31)65-50-54-21-20-27(4)59-50)41-45(53)56-25-58-48(41)64(43)23-29-8-10-30(11-9-29)38-40-44(52)55-24-57-47(40)63(6)42(38)32-12-14-33(15-13-32)46-61-49(26(2)3)66-62-46/h1,8-22,24-25H,2,23H2,3-6H3,(H2,52,55,57)(H2,53,56,58). The van der Waals surface area contributed by atoms with Crippen LogP contribution in [0.1, 0.15) is 35.5 Å². The number of fused-ring (bicyclic) bond motifs is 2. The SMILES string of the molecule is C#Cc1nc(C)c(-c2c(-c3ccc(Oc4nccc(C)n4)cc3)c3c(N)ncnc3n2Cc2ccc(-c3c(-c4ccc(-c5noc(C(=C)C)n5)cc4)n(C)c4ncnc(N)c34)cc2)cc1F. The van der Waals surface area contributed by atoms with Crippen LogP contribution in [0.15, 0.2) is 115 Å². The number of anilines is 2. The van der Waals surface area contributed by atoms with Crippen molar-refractivity contribution >= 4 is 39.3 Å². The number of nitrogen functional groups attached to an aromatic ring is 2. The first-order chi connectivity index (χ1) is 32.0. The fourth-order valence-electron chi connectivity index (χ4n) is 8.25. The van der Waals surface area contributed by atoms with Crippen molar-refractivity contribution in [2.45, 2.75) is 27.3 Å². The van der Waals surface area contributed by atoms with Crippen LogP contribution in [0.5, 0.6) is 11.8 Å². The first-order valence-corrected chi connectivity index (χ1v) is 20.6. The van der Waals surface area contributed by atoms with Gasteiger partial charge in [0.2, 0.25) is 5.82 Å². The predicted molar refractivity (Wildman–Crippen MR) is 251 cm³/mol. The number of hydrogen-bond acceptors (Lipinski definition) is 13. The monoisotopic (exact) mass is 871 g/mol. The number of ether oxygens (including phenoxy) is 1. The molecule has 7 heterocycles. The van der Waals surface area contributed by atoms with Crippen molar-refractivity contribution in [3.63, 3.8) is 0 Å².